The number of hydrogen-bond acceptors (Lipinski definition) is 7. The third kappa shape index (κ3) is 4.41. The summed E-state index contributed by atoms with van der Waals surface area (Å²) in [4.78, 5) is 59.1. The van der Waals surface area contributed by atoms with Crippen molar-refractivity contribution in [3.05, 3.63) is 30.0 Å². The lowest BCUT2D eigenvalue weighted by Gasteiger charge is -2.47. The normalized spacial score (nSPS) is 31.0. The van der Waals surface area contributed by atoms with Crippen molar-refractivity contribution >= 4 is 34.4 Å². The zero-order valence-corrected chi connectivity index (χ0v) is 23.2. The zero-order chi connectivity index (χ0) is 28.5. The predicted octanol–water partition coefficient (Wildman–Crippen LogP) is 1.21. The van der Waals surface area contributed by atoms with Crippen LogP contribution in [0.15, 0.2) is 24.3 Å². The Morgan fingerprint density at radius 1 is 1.15 bits per heavy atom. The number of amides is 3. The van der Waals surface area contributed by atoms with E-state index in [1.165, 1.54) is 0 Å². The number of methoxy groups -OCH3 is 1. The standard InChI is InChI=1S/C30H37N5O6/c1-41-23-4-2-3-20-19(23)12-22(33-20)27(39)35-15-29(17-5-6-17)13-30(35,14-29)28(40)34-21(11-16-9-10-31-25(16)37)24(36)26(38)32-18-7-8-18/h2-4,12,16-18,21,25,31,33,37H,5-11,13-15H2,1H3,(H,32,38)(H,34,40). The van der Waals surface area contributed by atoms with Gasteiger partial charge < -0.3 is 30.4 Å². The van der Waals surface area contributed by atoms with Crippen molar-refractivity contribution in [1.29, 1.82) is 0 Å². The van der Waals surface area contributed by atoms with Crippen molar-refractivity contribution < 1.29 is 29.0 Å². The van der Waals surface area contributed by atoms with Crippen molar-refractivity contribution in [3.8, 4) is 5.75 Å². The number of aromatic nitrogens is 1. The Morgan fingerprint density at radius 2 is 1.93 bits per heavy atom. The topological polar surface area (TPSA) is 153 Å². The highest BCUT2D eigenvalue weighted by molar-refractivity contribution is 6.38. The van der Waals surface area contributed by atoms with Gasteiger partial charge in [0.2, 0.25) is 11.7 Å². The maximum absolute atomic E-state index is 14.1. The molecule has 41 heavy (non-hydrogen) atoms. The van der Waals surface area contributed by atoms with Gasteiger partial charge in [0, 0.05) is 29.4 Å². The third-order valence-corrected chi connectivity index (χ3v) is 10.1. The van der Waals surface area contributed by atoms with Crippen LogP contribution < -0.4 is 20.7 Å². The number of nitrogens with zero attached hydrogens (tertiary/aromatic N) is 1. The van der Waals surface area contributed by atoms with Gasteiger partial charge in [0.25, 0.3) is 11.8 Å². The molecule has 3 unspecified atom stereocenters. The number of aromatic amines is 1. The highest BCUT2D eigenvalue weighted by Crippen LogP contribution is 2.68. The molecule has 3 saturated carbocycles. The molecule has 2 bridgehead atoms. The van der Waals surface area contributed by atoms with E-state index in [4.69, 9.17) is 4.74 Å². The monoisotopic (exact) mass is 563 g/mol. The molecule has 4 heterocycles. The van der Waals surface area contributed by atoms with Crippen LogP contribution in [-0.4, -0.2) is 82.5 Å². The summed E-state index contributed by atoms with van der Waals surface area (Å²) in [5.41, 5.74) is -0.0259. The van der Waals surface area contributed by atoms with Crippen molar-refractivity contribution in [3.63, 3.8) is 0 Å². The summed E-state index contributed by atoms with van der Waals surface area (Å²) in [6.45, 7) is 1.09. The maximum Gasteiger partial charge on any atom is 0.289 e. The summed E-state index contributed by atoms with van der Waals surface area (Å²) in [6, 6.07) is 6.25. The maximum atomic E-state index is 14.1. The van der Waals surface area contributed by atoms with Gasteiger partial charge in [0.15, 0.2) is 0 Å². The summed E-state index contributed by atoms with van der Waals surface area (Å²) < 4.78 is 5.47. The molecular formula is C30H37N5O6. The molecule has 2 aromatic rings. The number of ketones is 1. The van der Waals surface area contributed by atoms with E-state index in [0.717, 1.165) is 36.6 Å². The Hall–Kier alpha value is -3.44. The van der Waals surface area contributed by atoms with Crippen LogP contribution >= 0.6 is 0 Å². The summed E-state index contributed by atoms with van der Waals surface area (Å²) in [6.07, 6.45) is 4.95. The number of hydrogen-bond donors (Lipinski definition) is 5. The van der Waals surface area contributed by atoms with Gasteiger partial charge in [-0.15, -0.1) is 0 Å². The molecular weight excluding hydrogens is 526 g/mol. The molecule has 3 amide bonds. The quantitative estimate of drug-likeness (QED) is 0.273. The first kappa shape index (κ1) is 26.5. The average Bonchev–Trinajstić information content (AvgIpc) is 3.81. The number of aliphatic hydroxyl groups excluding tert-OH is 1. The van der Waals surface area contributed by atoms with Crippen molar-refractivity contribution in [2.75, 3.05) is 20.2 Å². The number of benzene rings is 1. The van der Waals surface area contributed by atoms with Crippen LogP contribution in [0.1, 0.15) is 61.9 Å². The number of aliphatic hydroxyl groups is 1. The van der Waals surface area contributed by atoms with E-state index >= 15 is 0 Å². The third-order valence-electron chi connectivity index (χ3n) is 10.1. The number of H-pyrrole nitrogens is 1. The largest absolute Gasteiger partial charge is 0.496 e. The fourth-order valence-electron chi connectivity index (χ4n) is 7.57. The molecule has 218 valence electrons. The molecule has 11 heteroatoms. The minimum absolute atomic E-state index is 0.00352. The lowest BCUT2D eigenvalue weighted by molar-refractivity contribution is -0.143. The molecule has 1 aromatic carbocycles. The van der Waals surface area contributed by atoms with Gasteiger partial charge in [0.1, 0.15) is 23.2 Å². The van der Waals surface area contributed by atoms with E-state index in [1.807, 2.05) is 18.2 Å². The summed E-state index contributed by atoms with van der Waals surface area (Å²) in [5.74, 6) is -1.19. The smallest absolute Gasteiger partial charge is 0.289 e. The summed E-state index contributed by atoms with van der Waals surface area (Å²) >= 11 is 0. The highest BCUT2D eigenvalue weighted by Gasteiger charge is 2.73. The Bertz CT molecular complexity index is 1420. The van der Waals surface area contributed by atoms with Crippen LogP contribution in [0, 0.1) is 17.3 Å². The Kier molecular flexibility index (Phi) is 6.17. The molecule has 0 spiro atoms. The summed E-state index contributed by atoms with van der Waals surface area (Å²) in [7, 11) is 1.58. The van der Waals surface area contributed by atoms with E-state index in [-0.39, 0.29) is 29.7 Å². The molecule has 1 aromatic heterocycles. The predicted molar refractivity (Wildman–Crippen MR) is 148 cm³/mol. The number of Topliss-reactive ketones (excluding diaryl/α,β-unsaturated/α-hetero) is 1. The van der Waals surface area contributed by atoms with Crippen LogP contribution in [0.2, 0.25) is 0 Å². The molecule has 11 nitrogen and oxygen atoms in total. The zero-order valence-electron chi connectivity index (χ0n) is 23.2. The SMILES string of the molecule is COc1cccc2[nH]c(C(=O)N3CC4(C5CC5)CC3(C(=O)NC(CC3CCNC3O)C(=O)C(=O)NC3CC3)C4)cc12. The molecule has 5 N–H and O–H groups in total. The lowest BCUT2D eigenvalue weighted by atomic mass is 9.59. The van der Waals surface area contributed by atoms with Crippen molar-refractivity contribution in [2.45, 2.75) is 75.2 Å². The first-order chi connectivity index (χ1) is 19.7. The van der Waals surface area contributed by atoms with Crippen LogP contribution in [-0.2, 0) is 14.4 Å². The molecule has 3 saturated heterocycles. The minimum Gasteiger partial charge on any atom is -0.496 e. The van der Waals surface area contributed by atoms with Crippen LogP contribution in [0.4, 0.5) is 0 Å². The van der Waals surface area contributed by atoms with Crippen LogP contribution in [0.25, 0.3) is 10.9 Å². The second-order valence-electron chi connectivity index (χ2n) is 12.8. The fraction of sp³-hybridized carbons (Fsp3) is 0.600. The second-order valence-corrected chi connectivity index (χ2v) is 12.8. The molecule has 6 fully saturated rings. The number of ether oxygens (including phenoxy) is 1. The molecule has 6 aliphatic rings. The van der Waals surface area contributed by atoms with Gasteiger partial charge in [-0.3, -0.25) is 24.5 Å². The van der Waals surface area contributed by atoms with E-state index in [0.29, 0.717) is 49.7 Å². The van der Waals surface area contributed by atoms with Gasteiger partial charge >= 0.3 is 0 Å². The molecule has 3 atom stereocenters. The Morgan fingerprint density at radius 3 is 2.59 bits per heavy atom. The second kappa shape index (κ2) is 9.55. The van der Waals surface area contributed by atoms with Gasteiger partial charge in [-0.25, -0.2) is 0 Å². The van der Waals surface area contributed by atoms with Gasteiger partial charge in [-0.2, -0.15) is 0 Å². The van der Waals surface area contributed by atoms with Crippen molar-refractivity contribution in [2.24, 2.45) is 17.3 Å². The van der Waals surface area contributed by atoms with E-state index < -0.39 is 35.4 Å². The highest BCUT2D eigenvalue weighted by atomic mass is 16.5. The Balaban J connectivity index is 1.16. The molecule has 3 aliphatic carbocycles. The molecule has 8 rings (SSSR count). The number of nitrogens with one attached hydrogen (secondary N) is 4. The molecule has 0 radical (unpaired) electrons. The fourth-order valence-corrected chi connectivity index (χ4v) is 7.57. The van der Waals surface area contributed by atoms with Gasteiger partial charge in [-0.1, -0.05) is 6.07 Å². The number of carbonyl (C=O) groups excluding carboxylic acids is 4. The first-order valence-corrected chi connectivity index (χ1v) is 14.8. The Labute approximate surface area is 237 Å². The van der Waals surface area contributed by atoms with Crippen LogP contribution in [0.3, 0.4) is 0 Å². The lowest BCUT2D eigenvalue weighted by Crippen LogP contribution is -2.64. The number of fused-ring (bicyclic) bond motifs is 2. The minimum atomic E-state index is -1.08. The summed E-state index contributed by atoms with van der Waals surface area (Å²) in [5, 5.41) is 19.7. The molecule has 3 aliphatic heterocycles. The number of rotatable bonds is 10. The van der Waals surface area contributed by atoms with E-state index in [9.17, 15) is 24.3 Å². The van der Waals surface area contributed by atoms with Gasteiger partial charge in [0.05, 0.1) is 13.2 Å². The first-order valence-electron chi connectivity index (χ1n) is 14.8. The van der Waals surface area contributed by atoms with E-state index in [2.05, 4.69) is 20.9 Å². The number of carbonyl (C=O) groups is 4. The van der Waals surface area contributed by atoms with Crippen molar-refractivity contribution in [1.82, 2.24) is 25.8 Å². The average molecular weight is 564 g/mol. The van der Waals surface area contributed by atoms with Crippen LogP contribution in [0.5, 0.6) is 5.75 Å². The van der Waals surface area contributed by atoms with Gasteiger partial charge in [-0.05, 0) is 87.4 Å². The van der Waals surface area contributed by atoms with E-state index in [1.54, 1.807) is 18.1 Å².